The molecule has 3 aromatic rings. The lowest BCUT2D eigenvalue weighted by atomic mass is 9.65. The molecule has 214 valence electrons. The molecule has 0 radical (unpaired) electrons. The number of hydrogen-bond acceptors (Lipinski definition) is 11. The number of ether oxygens (including phenoxy) is 1. The van der Waals surface area contributed by atoms with Gasteiger partial charge in [-0.05, 0) is 12.0 Å². The van der Waals surface area contributed by atoms with Gasteiger partial charge < -0.3 is 41.1 Å². The molecule has 0 spiro atoms. The van der Waals surface area contributed by atoms with Crippen molar-refractivity contribution in [3.05, 3.63) is 48.5 Å². The van der Waals surface area contributed by atoms with Crippen LogP contribution in [0.2, 0.25) is 0 Å². The van der Waals surface area contributed by atoms with Crippen LogP contribution in [0.5, 0.6) is 0 Å². The van der Waals surface area contributed by atoms with Gasteiger partial charge in [-0.25, -0.2) is 15.0 Å². The summed E-state index contributed by atoms with van der Waals surface area (Å²) in [6, 6.07) is 8.36. The number of aromatic nitrogens is 4. The molecule has 1 aliphatic rings. The summed E-state index contributed by atoms with van der Waals surface area (Å²) in [4.78, 5) is 48.2. The highest BCUT2D eigenvalue weighted by Gasteiger charge is 2.78. The van der Waals surface area contributed by atoms with E-state index in [4.69, 9.17) is 10.5 Å². The first-order chi connectivity index (χ1) is 18.8. The molecule has 8 N–H and O–H groups in total. The Morgan fingerprint density at radius 2 is 1.68 bits per heavy atom. The summed E-state index contributed by atoms with van der Waals surface area (Å²) in [5, 5.41) is 64.7. The number of anilines is 1. The number of nitrogens with two attached hydrogens (primary N) is 1. The fourth-order valence-corrected chi connectivity index (χ4v) is 5.91. The van der Waals surface area contributed by atoms with E-state index in [2.05, 4.69) is 15.0 Å². The molecule has 0 bridgehead atoms. The summed E-state index contributed by atoms with van der Waals surface area (Å²) < 4.78 is 7.47. The van der Waals surface area contributed by atoms with Crippen molar-refractivity contribution >= 4 is 34.9 Å². The second-order valence-electron chi connectivity index (χ2n) is 9.74. The van der Waals surface area contributed by atoms with E-state index in [9.17, 15) is 45.0 Å². The number of nitrogen functional groups attached to an aromatic ring is 1. The monoisotopic (exact) mass is 559 g/mol. The molecule has 1 aromatic carbocycles. The molecule has 1 fully saturated rings. The Bertz CT molecular complexity index is 1430. The van der Waals surface area contributed by atoms with Gasteiger partial charge in [0.2, 0.25) is 0 Å². The number of carboxylic acids is 3. The van der Waals surface area contributed by atoms with Crippen molar-refractivity contribution < 1.29 is 49.8 Å². The van der Waals surface area contributed by atoms with Gasteiger partial charge in [-0.2, -0.15) is 0 Å². The summed E-state index contributed by atoms with van der Waals surface area (Å²) >= 11 is 0. The van der Waals surface area contributed by atoms with Crippen molar-refractivity contribution in [3.63, 3.8) is 0 Å². The number of carbonyl (C=O) groups is 3. The zero-order valence-corrected chi connectivity index (χ0v) is 21.3. The quantitative estimate of drug-likeness (QED) is 0.162. The van der Waals surface area contributed by atoms with Crippen molar-refractivity contribution in [2.75, 3.05) is 5.73 Å². The molecule has 6 atom stereocenters. The van der Waals surface area contributed by atoms with Gasteiger partial charge in [0.1, 0.15) is 23.5 Å². The third-order valence-electron chi connectivity index (χ3n) is 7.45. The molecule has 15 nitrogen and oxygen atoms in total. The number of rotatable bonds is 11. The largest absolute Gasteiger partial charge is 0.481 e. The maximum absolute atomic E-state index is 12.6. The van der Waals surface area contributed by atoms with E-state index in [1.165, 1.54) is 0 Å². The molecule has 2 aromatic heterocycles. The van der Waals surface area contributed by atoms with Crippen LogP contribution in [0.1, 0.15) is 44.1 Å². The Morgan fingerprint density at radius 1 is 1.02 bits per heavy atom. The fraction of sp³-hybridized carbons (Fsp3) is 0.440. The molecule has 4 rings (SSSR count). The Labute approximate surface area is 226 Å². The molecule has 1 saturated heterocycles. The molecule has 0 amide bonds. The van der Waals surface area contributed by atoms with Crippen LogP contribution in [0, 0.1) is 0 Å². The smallest absolute Gasteiger partial charge is 0.306 e. The number of nitrogens with zero attached hydrogens (tertiary/aromatic N) is 4. The van der Waals surface area contributed by atoms with Crippen molar-refractivity contribution in [3.8, 4) is 0 Å². The Morgan fingerprint density at radius 3 is 2.25 bits per heavy atom. The number of aliphatic hydroxyl groups excluding tert-OH is 1. The average molecular weight is 560 g/mol. The average Bonchev–Trinajstić information content (AvgIpc) is 3.37. The van der Waals surface area contributed by atoms with Crippen molar-refractivity contribution in [1.29, 1.82) is 0 Å². The first-order valence-electron chi connectivity index (χ1n) is 12.3. The standard InChI is InChI=1S/C25H29N5O10/c1-2-14(13-6-4-3-5-7-13)25(30-12-29-19-21(26)27-11-28-22(19)30)24(39,10-18(36)37)23(38,9-17(34)35)20(40-25)15(31)8-16(32)33/h3-7,11-12,14-15,20,31,38-39H,2,8-10H2,1H3,(H,32,33)(H,34,35)(H,36,37)(H2,26,27,28)/t14-,15?,20+,23+,24+,25+/m0/s1. The highest BCUT2D eigenvalue weighted by molar-refractivity contribution is 5.81. The minimum Gasteiger partial charge on any atom is -0.481 e. The minimum absolute atomic E-state index is 0.0300. The Kier molecular flexibility index (Phi) is 7.51. The number of fused-ring (bicyclic) bond motifs is 1. The number of carboxylic acid groups (broad SMARTS) is 3. The van der Waals surface area contributed by atoms with E-state index in [1.54, 1.807) is 37.3 Å². The normalized spacial score (nSPS) is 27.9. The van der Waals surface area contributed by atoms with Gasteiger partial charge in [0.05, 0.1) is 31.7 Å². The predicted molar refractivity (Wildman–Crippen MR) is 135 cm³/mol. The third kappa shape index (κ3) is 4.32. The number of aliphatic hydroxyl groups is 3. The van der Waals surface area contributed by atoms with Gasteiger partial charge in [-0.1, -0.05) is 37.3 Å². The summed E-state index contributed by atoms with van der Waals surface area (Å²) in [7, 11) is 0. The van der Waals surface area contributed by atoms with Crippen LogP contribution >= 0.6 is 0 Å². The highest BCUT2D eigenvalue weighted by Crippen LogP contribution is 2.60. The zero-order valence-electron chi connectivity index (χ0n) is 21.3. The topological polar surface area (TPSA) is 251 Å². The molecule has 3 heterocycles. The second kappa shape index (κ2) is 10.4. The van der Waals surface area contributed by atoms with Crippen LogP contribution in [0.15, 0.2) is 43.0 Å². The number of imidazole rings is 1. The predicted octanol–water partition coefficient (Wildman–Crippen LogP) is -0.0989. The molecule has 0 saturated carbocycles. The Balaban J connectivity index is 2.17. The number of aliphatic carboxylic acids is 3. The fourth-order valence-electron chi connectivity index (χ4n) is 5.91. The summed E-state index contributed by atoms with van der Waals surface area (Å²) in [5.74, 6) is -5.96. The van der Waals surface area contributed by atoms with E-state index in [1.807, 2.05) is 0 Å². The van der Waals surface area contributed by atoms with E-state index >= 15 is 0 Å². The second-order valence-corrected chi connectivity index (χ2v) is 9.74. The molecule has 1 aliphatic heterocycles. The van der Waals surface area contributed by atoms with Crippen LogP contribution in [0.3, 0.4) is 0 Å². The lowest BCUT2D eigenvalue weighted by Gasteiger charge is -2.49. The highest BCUT2D eigenvalue weighted by atomic mass is 16.6. The summed E-state index contributed by atoms with van der Waals surface area (Å²) in [5.41, 5.74) is -2.07. The maximum atomic E-state index is 12.6. The molecular weight excluding hydrogens is 530 g/mol. The molecule has 40 heavy (non-hydrogen) atoms. The van der Waals surface area contributed by atoms with Crippen LogP contribution in [-0.4, -0.2) is 91.5 Å². The van der Waals surface area contributed by atoms with Gasteiger partial charge in [0.25, 0.3) is 0 Å². The minimum atomic E-state index is -3.04. The van der Waals surface area contributed by atoms with Gasteiger partial charge in [-0.3, -0.25) is 19.0 Å². The van der Waals surface area contributed by atoms with Crippen LogP contribution in [-0.2, 0) is 24.8 Å². The molecular formula is C25H29N5O10. The van der Waals surface area contributed by atoms with Gasteiger partial charge in [-0.15, -0.1) is 0 Å². The van der Waals surface area contributed by atoms with E-state index in [-0.39, 0.29) is 23.4 Å². The number of benzene rings is 1. The lowest BCUT2D eigenvalue weighted by Crippen LogP contribution is -2.68. The maximum Gasteiger partial charge on any atom is 0.306 e. The third-order valence-corrected chi connectivity index (χ3v) is 7.45. The number of hydrogen-bond donors (Lipinski definition) is 7. The first kappa shape index (κ1) is 28.8. The van der Waals surface area contributed by atoms with E-state index in [0.717, 1.165) is 17.2 Å². The molecule has 1 unspecified atom stereocenters. The van der Waals surface area contributed by atoms with Crippen LogP contribution in [0.4, 0.5) is 5.82 Å². The SMILES string of the molecule is CC[C@@H](c1ccccc1)[C@@]1(n2cnc3c(N)ncnc32)O[C@H](C(O)CC(=O)O)[C@](O)(CC(=O)O)[C@]1(O)CC(=O)O. The van der Waals surface area contributed by atoms with Crippen LogP contribution in [0.25, 0.3) is 11.2 Å². The van der Waals surface area contributed by atoms with Crippen LogP contribution < -0.4 is 5.73 Å². The van der Waals surface area contributed by atoms with Crippen molar-refractivity contribution in [2.45, 2.75) is 67.7 Å². The van der Waals surface area contributed by atoms with E-state index in [0.29, 0.717) is 5.56 Å². The lowest BCUT2D eigenvalue weighted by molar-refractivity contribution is -0.229. The molecule has 15 heteroatoms. The van der Waals surface area contributed by atoms with Crippen molar-refractivity contribution in [1.82, 2.24) is 19.5 Å². The van der Waals surface area contributed by atoms with Gasteiger partial charge >= 0.3 is 17.9 Å². The van der Waals surface area contributed by atoms with Gasteiger partial charge in [0.15, 0.2) is 22.8 Å². The van der Waals surface area contributed by atoms with Gasteiger partial charge in [0, 0.05) is 5.92 Å². The summed E-state index contributed by atoms with van der Waals surface area (Å²) in [6.07, 6.45) is -5.47. The van der Waals surface area contributed by atoms with E-state index < -0.39 is 72.2 Å². The molecule has 0 aliphatic carbocycles. The summed E-state index contributed by atoms with van der Waals surface area (Å²) in [6.45, 7) is 1.68. The van der Waals surface area contributed by atoms with Crippen molar-refractivity contribution in [2.24, 2.45) is 0 Å². The first-order valence-corrected chi connectivity index (χ1v) is 12.3. The Hall–Kier alpha value is -4.18. The zero-order chi connectivity index (χ0) is 29.5.